The number of rotatable bonds is 2. The molecule has 2 unspecified atom stereocenters. The minimum atomic E-state index is -0.579. The van der Waals surface area contributed by atoms with Crippen molar-refractivity contribution in [2.45, 2.75) is 38.6 Å². The molecule has 0 aromatic heterocycles. The maximum atomic E-state index is 13.2. The molecule has 3 aromatic rings. The van der Waals surface area contributed by atoms with Gasteiger partial charge in [-0.3, -0.25) is 4.90 Å². The highest BCUT2D eigenvalue weighted by molar-refractivity contribution is 5.86. The zero-order chi connectivity index (χ0) is 19.7. The van der Waals surface area contributed by atoms with Crippen LogP contribution >= 0.6 is 0 Å². The first-order chi connectivity index (χ1) is 13.4. The number of fused-ring (bicyclic) bond motifs is 1. The maximum Gasteiger partial charge on any atom is 0.413 e. The molecule has 1 aliphatic rings. The van der Waals surface area contributed by atoms with E-state index in [0.29, 0.717) is 6.61 Å². The van der Waals surface area contributed by atoms with Crippen LogP contribution in [0.3, 0.4) is 0 Å². The van der Waals surface area contributed by atoms with E-state index in [1.165, 1.54) is 0 Å². The van der Waals surface area contributed by atoms with E-state index in [9.17, 15) is 4.79 Å². The zero-order valence-electron chi connectivity index (χ0n) is 16.5. The Hall–Kier alpha value is -2.85. The molecule has 3 aromatic carbocycles. The number of benzene rings is 3. The van der Waals surface area contributed by atoms with Crippen LogP contribution in [0.2, 0.25) is 0 Å². The molecule has 4 rings (SSSR count). The number of hydrogen-bond donors (Lipinski definition) is 0. The lowest BCUT2D eigenvalue weighted by atomic mass is 10.0. The lowest BCUT2D eigenvalue weighted by molar-refractivity contribution is -0.0137. The van der Waals surface area contributed by atoms with E-state index in [1.54, 1.807) is 4.90 Å². The molecule has 0 N–H and O–H groups in total. The van der Waals surface area contributed by atoms with E-state index in [2.05, 4.69) is 18.2 Å². The van der Waals surface area contributed by atoms with E-state index in [4.69, 9.17) is 9.47 Å². The van der Waals surface area contributed by atoms with Gasteiger partial charge >= 0.3 is 6.09 Å². The molecular weight excluding hydrogens is 350 g/mol. The lowest BCUT2D eigenvalue weighted by Gasteiger charge is -2.31. The summed E-state index contributed by atoms with van der Waals surface area (Å²) < 4.78 is 11.9. The van der Waals surface area contributed by atoms with Gasteiger partial charge in [0.2, 0.25) is 0 Å². The summed E-state index contributed by atoms with van der Waals surface area (Å²) in [5.41, 5.74) is 1.43. The van der Waals surface area contributed by atoms with Gasteiger partial charge in [0.05, 0.1) is 12.6 Å². The van der Waals surface area contributed by atoms with Crippen molar-refractivity contribution >= 4 is 16.9 Å². The standard InChI is InChI=1S/C24H25NO3/c1-24(2,3)28-23(26)25-21(18-11-5-4-6-12-18)16-27-22(25)20-15-9-13-17-10-7-8-14-19(17)20/h4-15,21-22H,16H2,1-3H3. The fraction of sp³-hybridized carbons (Fsp3) is 0.292. The molecule has 1 saturated heterocycles. The van der Waals surface area contributed by atoms with Crippen LogP contribution in [0.1, 0.15) is 44.2 Å². The fourth-order valence-electron chi connectivity index (χ4n) is 3.68. The van der Waals surface area contributed by atoms with Crippen molar-refractivity contribution in [2.24, 2.45) is 0 Å². The van der Waals surface area contributed by atoms with Gasteiger partial charge < -0.3 is 9.47 Å². The summed E-state index contributed by atoms with van der Waals surface area (Å²) in [4.78, 5) is 14.9. The van der Waals surface area contributed by atoms with Crippen LogP contribution in [-0.2, 0) is 9.47 Å². The molecule has 2 atom stereocenters. The summed E-state index contributed by atoms with van der Waals surface area (Å²) in [7, 11) is 0. The Balaban J connectivity index is 1.78. The predicted molar refractivity (Wildman–Crippen MR) is 110 cm³/mol. The highest BCUT2D eigenvalue weighted by Crippen LogP contribution is 2.41. The lowest BCUT2D eigenvalue weighted by Crippen LogP contribution is -2.38. The van der Waals surface area contributed by atoms with Crippen LogP contribution in [0.15, 0.2) is 72.8 Å². The first-order valence-corrected chi connectivity index (χ1v) is 9.59. The quantitative estimate of drug-likeness (QED) is 0.564. The molecule has 1 fully saturated rings. The molecule has 0 radical (unpaired) electrons. The summed E-state index contributed by atoms with van der Waals surface area (Å²) in [5.74, 6) is 0. The molecule has 0 bridgehead atoms. The number of carbonyl (C=O) groups excluding carboxylic acids is 1. The van der Waals surface area contributed by atoms with Crippen molar-refractivity contribution in [3.63, 3.8) is 0 Å². The van der Waals surface area contributed by atoms with Gasteiger partial charge in [-0.25, -0.2) is 4.79 Å². The Labute approximate surface area is 165 Å². The Morgan fingerprint density at radius 2 is 1.64 bits per heavy atom. The largest absolute Gasteiger partial charge is 0.444 e. The Morgan fingerprint density at radius 1 is 0.964 bits per heavy atom. The Bertz CT molecular complexity index is 973. The monoisotopic (exact) mass is 375 g/mol. The van der Waals surface area contributed by atoms with Gasteiger partial charge in [0.1, 0.15) is 5.60 Å². The van der Waals surface area contributed by atoms with E-state index in [1.807, 2.05) is 75.4 Å². The van der Waals surface area contributed by atoms with E-state index in [0.717, 1.165) is 21.9 Å². The van der Waals surface area contributed by atoms with E-state index >= 15 is 0 Å². The number of ether oxygens (including phenoxy) is 2. The third-order valence-corrected chi connectivity index (χ3v) is 4.88. The number of nitrogens with zero attached hydrogens (tertiary/aromatic N) is 1. The van der Waals surface area contributed by atoms with E-state index in [-0.39, 0.29) is 12.1 Å². The third kappa shape index (κ3) is 3.60. The third-order valence-electron chi connectivity index (χ3n) is 4.88. The van der Waals surface area contributed by atoms with Crippen LogP contribution in [0.5, 0.6) is 0 Å². The molecule has 0 spiro atoms. The summed E-state index contributed by atoms with van der Waals surface area (Å²) in [6.07, 6.45) is -0.858. The van der Waals surface area contributed by atoms with Crippen molar-refractivity contribution in [3.8, 4) is 0 Å². The molecule has 4 heteroatoms. The molecule has 144 valence electrons. The number of hydrogen-bond acceptors (Lipinski definition) is 3. The molecule has 0 aliphatic carbocycles. The normalized spacial score (nSPS) is 19.8. The molecule has 28 heavy (non-hydrogen) atoms. The topological polar surface area (TPSA) is 38.8 Å². The van der Waals surface area contributed by atoms with Gasteiger partial charge in [-0.05, 0) is 37.1 Å². The van der Waals surface area contributed by atoms with Crippen molar-refractivity contribution < 1.29 is 14.3 Å². The van der Waals surface area contributed by atoms with Gasteiger partial charge in [-0.1, -0.05) is 72.8 Å². The highest BCUT2D eigenvalue weighted by Gasteiger charge is 2.42. The van der Waals surface area contributed by atoms with Crippen LogP contribution in [-0.4, -0.2) is 23.2 Å². The van der Waals surface area contributed by atoms with Crippen molar-refractivity contribution in [1.29, 1.82) is 0 Å². The van der Waals surface area contributed by atoms with Gasteiger partial charge in [0.25, 0.3) is 0 Å². The van der Waals surface area contributed by atoms with Crippen LogP contribution in [0.4, 0.5) is 4.79 Å². The van der Waals surface area contributed by atoms with Crippen LogP contribution in [0, 0.1) is 0 Å². The van der Waals surface area contributed by atoms with Gasteiger partial charge in [-0.2, -0.15) is 0 Å². The summed E-state index contributed by atoms with van der Waals surface area (Å²) in [5, 5.41) is 2.20. The first-order valence-electron chi connectivity index (χ1n) is 9.59. The summed E-state index contributed by atoms with van der Waals surface area (Å²) in [6.45, 7) is 6.07. The highest BCUT2D eigenvalue weighted by atomic mass is 16.6. The Kier molecular flexibility index (Phi) is 4.82. The smallest absolute Gasteiger partial charge is 0.413 e. The average molecular weight is 375 g/mol. The van der Waals surface area contributed by atoms with Crippen LogP contribution < -0.4 is 0 Å². The predicted octanol–water partition coefficient (Wildman–Crippen LogP) is 5.85. The Morgan fingerprint density at radius 3 is 2.39 bits per heavy atom. The van der Waals surface area contributed by atoms with Crippen molar-refractivity contribution in [1.82, 2.24) is 4.90 Å². The minimum Gasteiger partial charge on any atom is -0.444 e. The van der Waals surface area contributed by atoms with E-state index < -0.39 is 11.8 Å². The molecule has 4 nitrogen and oxygen atoms in total. The fourth-order valence-corrected chi connectivity index (χ4v) is 3.68. The molecular formula is C24H25NO3. The molecule has 1 aliphatic heterocycles. The second-order valence-electron chi connectivity index (χ2n) is 8.07. The number of carbonyl (C=O) groups is 1. The maximum absolute atomic E-state index is 13.2. The average Bonchev–Trinajstić information content (AvgIpc) is 3.12. The molecule has 1 amide bonds. The SMILES string of the molecule is CC(C)(C)OC(=O)N1C(c2ccccc2)COC1c1cccc2ccccc12. The first kappa shape index (κ1) is 18.5. The summed E-state index contributed by atoms with van der Waals surface area (Å²) >= 11 is 0. The van der Waals surface area contributed by atoms with Gasteiger partial charge in [0.15, 0.2) is 6.23 Å². The molecule has 0 saturated carbocycles. The molecule has 1 heterocycles. The van der Waals surface area contributed by atoms with Crippen molar-refractivity contribution in [2.75, 3.05) is 6.61 Å². The van der Waals surface area contributed by atoms with Gasteiger partial charge in [-0.15, -0.1) is 0 Å². The second-order valence-corrected chi connectivity index (χ2v) is 8.07. The minimum absolute atomic E-state index is 0.194. The van der Waals surface area contributed by atoms with Crippen molar-refractivity contribution in [3.05, 3.63) is 83.9 Å². The second kappa shape index (κ2) is 7.28. The van der Waals surface area contributed by atoms with Crippen LogP contribution in [0.25, 0.3) is 10.8 Å². The number of amides is 1. The van der Waals surface area contributed by atoms with Gasteiger partial charge in [0, 0.05) is 5.56 Å². The summed E-state index contributed by atoms with van der Waals surface area (Å²) in [6, 6.07) is 24.0. The zero-order valence-corrected chi connectivity index (χ0v) is 16.5.